The molecule has 2 rings (SSSR count). The summed E-state index contributed by atoms with van der Waals surface area (Å²) in [6, 6.07) is 9.91. The van der Waals surface area contributed by atoms with Gasteiger partial charge < -0.3 is 4.42 Å². The Balaban J connectivity index is 2.69. The van der Waals surface area contributed by atoms with Crippen LogP contribution in [0.2, 0.25) is 0 Å². The third-order valence-corrected chi connectivity index (χ3v) is 1.90. The molecule has 1 aromatic carbocycles. The predicted molar refractivity (Wildman–Crippen MR) is 47.5 cm³/mol. The minimum Gasteiger partial charge on any atom is -0.460 e. The minimum absolute atomic E-state index is 0.550. The Morgan fingerprint density at radius 1 is 1.27 bits per heavy atom. The Labute approximate surface area is 70.4 Å². The maximum Gasteiger partial charge on any atom is 0.134 e. The van der Waals surface area contributed by atoms with Gasteiger partial charge in [-0.25, -0.2) is 0 Å². The van der Waals surface area contributed by atoms with Crippen molar-refractivity contribution in [2.75, 3.05) is 0 Å². The summed E-state index contributed by atoms with van der Waals surface area (Å²) in [4.78, 5) is 0. The van der Waals surface area contributed by atoms with Crippen LogP contribution in [0.4, 0.5) is 0 Å². The second kappa shape index (κ2) is 2.62. The van der Waals surface area contributed by atoms with Crippen LogP contribution in [0.25, 0.3) is 11.0 Å². The third kappa shape index (κ3) is 1.14. The summed E-state index contributed by atoms with van der Waals surface area (Å²) in [5.74, 6) is 1.43. The molecule has 2 heteroatoms. The number of hydrogen-bond acceptors (Lipinski definition) is 1. The Hall–Kier alpha value is -0.890. The van der Waals surface area contributed by atoms with Gasteiger partial charge in [-0.1, -0.05) is 30.8 Å². The monoisotopic (exact) mass is 163 g/mol. The highest BCUT2D eigenvalue weighted by Gasteiger charge is 1.99. The fourth-order valence-corrected chi connectivity index (χ4v) is 1.25. The van der Waals surface area contributed by atoms with Crippen molar-refractivity contribution in [2.24, 2.45) is 0 Å². The van der Waals surface area contributed by atoms with Crippen molar-refractivity contribution >= 4 is 23.6 Å². The molecule has 0 spiro atoms. The van der Waals surface area contributed by atoms with Crippen molar-refractivity contribution in [3.63, 3.8) is 0 Å². The first kappa shape index (κ1) is 6.80. The Kier molecular flexibility index (Phi) is 1.62. The van der Waals surface area contributed by atoms with Gasteiger partial charge in [0.1, 0.15) is 11.3 Å². The maximum atomic E-state index is 5.41. The van der Waals surface area contributed by atoms with Crippen LogP contribution in [0.5, 0.6) is 0 Å². The summed E-state index contributed by atoms with van der Waals surface area (Å²) in [7, 11) is 0. The predicted octanol–water partition coefficient (Wildman–Crippen LogP) is 3.13. The van der Waals surface area contributed by atoms with Gasteiger partial charge in [0.2, 0.25) is 0 Å². The van der Waals surface area contributed by atoms with Crippen LogP contribution >= 0.6 is 12.6 Å². The lowest BCUT2D eigenvalue weighted by Gasteiger charge is -1.83. The van der Waals surface area contributed by atoms with Crippen LogP contribution in [0.3, 0.4) is 0 Å². The molecule has 0 bridgehead atoms. The summed E-state index contributed by atoms with van der Waals surface area (Å²) < 4.78 is 5.41. The number of hydrogen-bond donors (Lipinski definition) is 0. The summed E-state index contributed by atoms with van der Waals surface area (Å²) in [5.41, 5.74) is 0.923. The number of rotatable bonds is 1. The number of fused-ring (bicyclic) bond motifs is 1. The van der Waals surface area contributed by atoms with Gasteiger partial charge in [-0.05, 0) is 12.1 Å². The average Bonchev–Trinajstić information content (AvgIpc) is 2.46. The first-order valence-corrected chi connectivity index (χ1v) is 4.03. The molecule has 0 fully saturated rings. The van der Waals surface area contributed by atoms with E-state index < -0.39 is 0 Å². The molecule has 0 aliphatic heterocycles. The van der Waals surface area contributed by atoms with Crippen molar-refractivity contribution in [2.45, 2.75) is 5.75 Å². The molecule has 1 heterocycles. The molecule has 0 aliphatic rings. The molecule has 0 amide bonds. The molecule has 1 radical (unpaired) electrons. The topological polar surface area (TPSA) is 13.1 Å². The fraction of sp³-hybridized carbons (Fsp3) is 0.111. The van der Waals surface area contributed by atoms with E-state index in [0.717, 1.165) is 16.7 Å². The van der Waals surface area contributed by atoms with E-state index in [9.17, 15) is 0 Å². The largest absolute Gasteiger partial charge is 0.460 e. The summed E-state index contributed by atoms with van der Waals surface area (Å²) >= 11 is 4.87. The first-order chi connectivity index (χ1) is 5.40. The molecule has 11 heavy (non-hydrogen) atoms. The molecule has 0 saturated heterocycles. The zero-order chi connectivity index (χ0) is 7.68. The Bertz CT molecular complexity index is 331. The Morgan fingerprint density at radius 3 is 2.82 bits per heavy atom. The second-order valence-electron chi connectivity index (χ2n) is 2.39. The van der Waals surface area contributed by atoms with Gasteiger partial charge >= 0.3 is 0 Å². The van der Waals surface area contributed by atoms with Crippen molar-refractivity contribution in [1.29, 1.82) is 0 Å². The normalized spacial score (nSPS) is 10.6. The van der Waals surface area contributed by atoms with Crippen molar-refractivity contribution in [3.05, 3.63) is 36.1 Å². The smallest absolute Gasteiger partial charge is 0.134 e. The minimum atomic E-state index is 0.550. The zero-order valence-corrected chi connectivity index (χ0v) is 6.73. The molecule has 1 nitrogen and oxygen atoms in total. The molecular formula is C9H7OS. The third-order valence-electron chi connectivity index (χ3n) is 1.62. The molecule has 0 unspecified atom stereocenters. The molecule has 0 saturated carbocycles. The standard InChI is InChI=1S/C9H7OS/c11-6-8-5-7-3-1-2-4-9(7)10-8/h1-5H,6H2. The van der Waals surface area contributed by atoms with E-state index in [1.165, 1.54) is 0 Å². The SMILES string of the molecule is [S]Cc1cc2ccccc2o1. The highest BCUT2D eigenvalue weighted by Crippen LogP contribution is 2.19. The van der Waals surface area contributed by atoms with Crippen LogP contribution < -0.4 is 0 Å². The van der Waals surface area contributed by atoms with Crippen molar-refractivity contribution < 1.29 is 4.42 Å². The van der Waals surface area contributed by atoms with Gasteiger partial charge in [0.15, 0.2) is 0 Å². The highest BCUT2D eigenvalue weighted by molar-refractivity contribution is 7.79. The van der Waals surface area contributed by atoms with Gasteiger partial charge in [-0.2, -0.15) is 0 Å². The summed E-state index contributed by atoms with van der Waals surface area (Å²) in [5, 5.41) is 1.13. The Morgan fingerprint density at radius 2 is 2.09 bits per heavy atom. The molecule has 1 aromatic heterocycles. The lowest BCUT2D eigenvalue weighted by molar-refractivity contribution is 0.574. The van der Waals surface area contributed by atoms with E-state index >= 15 is 0 Å². The summed E-state index contributed by atoms with van der Waals surface area (Å²) in [6.07, 6.45) is 0. The van der Waals surface area contributed by atoms with Crippen LogP contribution in [-0.2, 0) is 5.75 Å². The van der Waals surface area contributed by atoms with Crippen LogP contribution in [-0.4, -0.2) is 0 Å². The first-order valence-electron chi connectivity index (χ1n) is 3.46. The number of benzene rings is 1. The van der Waals surface area contributed by atoms with Crippen molar-refractivity contribution in [3.8, 4) is 0 Å². The lowest BCUT2D eigenvalue weighted by atomic mass is 10.2. The van der Waals surface area contributed by atoms with Gasteiger partial charge in [0.05, 0.1) is 5.75 Å². The van der Waals surface area contributed by atoms with Gasteiger partial charge in [0.25, 0.3) is 0 Å². The molecule has 0 aliphatic carbocycles. The molecule has 0 atom stereocenters. The van der Waals surface area contributed by atoms with E-state index in [1.807, 2.05) is 30.3 Å². The number of furan rings is 1. The fourth-order valence-electron chi connectivity index (χ4n) is 1.11. The van der Waals surface area contributed by atoms with E-state index in [1.54, 1.807) is 0 Å². The van der Waals surface area contributed by atoms with Gasteiger partial charge in [-0.3, -0.25) is 0 Å². The molecule has 2 aromatic rings. The van der Waals surface area contributed by atoms with Crippen LogP contribution in [0, 0.1) is 0 Å². The molecule has 0 N–H and O–H groups in total. The highest BCUT2D eigenvalue weighted by atomic mass is 32.1. The quantitative estimate of drug-likeness (QED) is 0.629. The summed E-state index contributed by atoms with van der Waals surface area (Å²) in [6.45, 7) is 0. The van der Waals surface area contributed by atoms with Crippen LogP contribution in [0.15, 0.2) is 34.7 Å². The number of para-hydroxylation sites is 1. The van der Waals surface area contributed by atoms with E-state index in [-0.39, 0.29) is 0 Å². The van der Waals surface area contributed by atoms with Gasteiger partial charge in [-0.15, -0.1) is 0 Å². The maximum absolute atomic E-state index is 5.41. The average molecular weight is 163 g/mol. The molecule has 55 valence electrons. The van der Waals surface area contributed by atoms with Gasteiger partial charge in [0, 0.05) is 5.39 Å². The van der Waals surface area contributed by atoms with E-state index in [0.29, 0.717) is 5.75 Å². The molecular weight excluding hydrogens is 156 g/mol. The zero-order valence-electron chi connectivity index (χ0n) is 5.91. The van der Waals surface area contributed by atoms with E-state index in [2.05, 4.69) is 0 Å². The van der Waals surface area contributed by atoms with Crippen LogP contribution in [0.1, 0.15) is 5.76 Å². The van der Waals surface area contributed by atoms with E-state index in [4.69, 9.17) is 17.0 Å². The lowest BCUT2D eigenvalue weighted by Crippen LogP contribution is -1.63. The van der Waals surface area contributed by atoms with Crippen molar-refractivity contribution in [1.82, 2.24) is 0 Å². The second-order valence-corrected chi connectivity index (χ2v) is 2.68.